The van der Waals surface area contributed by atoms with Gasteiger partial charge >= 0.3 is 6.01 Å². The summed E-state index contributed by atoms with van der Waals surface area (Å²) in [5.41, 5.74) is 7.47. The van der Waals surface area contributed by atoms with Crippen molar-refractivity contribution in [2.75, 3.05) is 133 Å². The molecule has 7 aromatic heterocycles. The Balaban J connectivity index is 0.000000231. The Hall–Kier alpha value is -12.6. The van der Waals surface area contributed by atoms with Gasteiger partial charge in [-0.1, -0.05) is 0 Å². The lowest BCUT2D eigenvalue weighted by molar-refractivity contribution is -0.115. The predicted molar refractivity (Wildman–Crippen MR) is 442 cm³/mol. The van der Waals surface area contributed by atoms with Crippen molar-refractivity contribution in [3.63, 3.8) is 0 Å². The van der Waals surface area contributed by atoms with Crippen LogP contribution in [0.3, 0.4) is 0 Å². The number of carbonyl (C=O) groups excluding carboxylic acids is 7. The third-order valence-corrected chi connectivity index (χ3v) is 15.9. The Morgan fingerprint density at radius 3 is 1.26 bits per heavy atom. The number of hydrogen-bond acceptors (Lipinski definition) is 29. The van der Waals surface area contributed by atoms with Crippen LogP contribution in [0.2, 0.25) is 15.9 Å². The van der Waals surface area contributed by atoms with Crippen molar-refractivity contribution in [1.29, 1.82) is 0 Å². The average molecular weight is 1720 g/mol. The van der Waals surface area contributed by atoms with Crippen molar-refractivity contribution in [2.24, 2.45) is 10.8 Å². The van der Waals surface area contributed by atoms with Crippen molar-refractivity contribution >= 4 is 128 Å². The van der Waals surface area contributed by atoms with E-state index in [9.17, 15) is 42.3 Å². The van der Waals surface area contributed by atoms with E-state index in [2.05, 4.69) is 108 Å². The number of pyridine rings is 4. The molecule has 3 saturated heterocycles. The highest BCUT2D eigenvalue weighted by molar-refractivity contribution is 6.64. The molecular weight excluding hydrogens is 1640 g/mol. The molecule has 44 heteroatoms. The summed E-state index contributed by atoms with van der Waals surface area (Å²) in [6.45, 7) is 24.0. The second-order valence-corrected chi connectivity index (χ2v) is 27.2. The number of phenolic OH excluding ortho intramolecular Hbond substituents is 1. The number of rotatable bonds is 14. The largest absolute Gasteiger partial charge is 0.505 e. The van der Waals surface area contributed by atoms with Gasteiger partial charge in [0.05, 0.1) is 57.3 Å². The van der Waals surface area contributed by atoms with Crippen LogP contribution in [0.15, 0.2) is 115 Å². The van der Waals surface area contributed by atoms with Crippen LogP contribution in [0.4, 0.5) is 43.9 Å². The molecule has 3 aliphatic rings. The van der Waals surface area contributed by atoms with Crippen LogP contribution >= 0.6 is 46.4 Å². The molecule has 3 atom stereocenters. The number of nitrogens with zero attached hydrogens (tertiary/aromatic N) is 20. The van der Waals surface area contributed by atoms with Crippen molar-refractivity contribution in [3.05, 3.63) is 165 Å². The van der Waals surface area contributed by atoms with Crippen LogP contribution in [-0.4, -0.2) is 251 Å². The first kappa shape index (κ1) is 95.2. The summed E-state index contributed by atoms with van der Waals surface area (Å²) >= 11 is 22.3. The molecule has 7 amide bonds. The molecule has 0 spiro atoms. The minimum absolute atomic E-state index is 0.00446. The van der Waals surface area contributed by atoms with E-state index in [-0.39, 0.29) is 103 Å². The van der Waals surface area contributed by atoms with Gasteiger partial charge in [0.1, 0.15) is 28.4 Å². The minimum atomic E-state index is -0.785. The van der Waals surface area contributed by atoms with Crippen LogP contribution in [-0.2, 0) is 33.4 Å². The van der Waals surface area contributed by atoms with Gasteiger partial charge in [-0.3, -0.25) is 33.6 Å². The van der Waals surface area contributed by atoms with Crippen LogP contribution in [0, 0.1) is 18.2 Å². The summed E-state index contributed by atoms with van der Waals surface area (Å²) in [6, 6.07) is 21.4. The lowest BCUT2D eigenvalue weighted by Gasteiger charge is -2.33. The van der Waals surface area contributed by atoms with Crippen LogP contribution < -0.4 is 46.9 Å². The molecule has 119 heavy (non-hydrogen) atoms. The summed E-state index contributed by atoms with van der Waals surface area (Å²) in [5.74, 6) is -0.0221. The van der Waals surface area contributed by atoms with Crippen LogP contribution in [0.25, 0.3) is 39.1 Å². The summed E-state index contributed by atoms with van der Waals surface area (Å²) < 4.78 is 49.4. The molecule has 8 N–H and O–H groups in total. The number of halogens is 6. The maximum absolute atomic E-state index is 14.8. The van der Waals surface area contributed by atoms with Gasteiger partial charge in [-0.05, 0) is 152 Å². The maximum atomic E-state index is 14.8. The monoisotopic (exact) mass is 1720 g/mol. The standard InChI is InChI=1S/C24H26FN7O4.C15H17ClN6O2.C10H7Cl2N5O.C10H13N3O2.C9H10FNO2.C5H11NO.C2H2ClN3/c1-14-13-35-10-9-32(14)23-28-21(17-6-8-20(26-12-17)27-15(2)33)29-24(30-23)36-19-7-5-16(11-18(19)25)22(34)31(3)4;1-9-8-24-6-5-22(9)15-20-13(19-14(16)21-15)11-3-4-12(17-7-11)18-10(2)23;1-5(18)14-7-3-2-6(4-13-7)8-15-9(11)17-10(12)16-8;1-7(14)12-9-5-4-8(6-11-9)10(15)13(2)3;1-11(2)9(13)6-3-4-8(12)7(10)5-6;1-5-4-7-3-2-6-5;1-5-6-2(3)4/h5-8,11-12,14H,9-10,13H2,1-4H3,(H,26,27,33);3-4,7,9H,5-6,8H2,1-2H3,(H,17,18,23);2-4H,1H3,(H,13,14,18);4-6H,1-3H3,(H,11,12,14);3-5,12H,1-2H3;5-6H,2-4H2,1H3;(H2,4,6)/t14-;9-;;;;5-;/m00...0./s1. The molecule has 9 aromatic rings. The van der Waals surface area contributed by atoms with E-state index >= 15 is 0 Å². The highest BCUT2D eigenvalue weighted by Crippen LogP contribution is 2.30. The highest BCUT2D eigenvalue weighted by atomic mass is 35.5. The maximum Gasteiger partial charge on any atom is 0.327 e. The number of benzene rings is 2. The molecule has 0 aliphatic carbocycles. The first-order valence-corrected chi connectivity index (χ1v) is 37.1. The number of nitrogens with one attached hydrogen (secondary N) is 5. The van der Waals surface area contributed by atoms with Gasteiger partial charge in [-0.2, -0.15) is 51.4 Å². The number of phenols is 1. The number of aromatic nitrogens is 13. The van der Waals surface area contributed by atoms with Gasteiger partial charge in [0, 0.05) is 148 Å². The zero-order valence-corrected chi connectivity index (χ0v) is 69.7. The van der Waals surface area contributed by atoms with E-state index in [0.717, 1.165) is 38.0 Å². The number of morpholine rings is 3. The smallest absolute Gasteiger partial charge is 0.327 e. The molecule has 3 aliphatic heterocycles. The number of amides is 7. The number of carbonyl (C=O) groups is 7. The van der Waals surface area contributed by atoms with Crippen molar-refractivity contribution < 1.29 is 66.4 Å². The number of anilines is 6. The normalized spacial score (nSPS) is 14.5. The van der Waals surface area contributed by atoms with E-state index in [4.69, 9.17) is 82.8 Å². The topological polar surface area (TPSA) is 463 Å². The first-order valence-electron chi connectivity index (χ1n) is 35.6. The summed E-state index contributed by atoms with van der Waals surface area (Å²) in [4.78, 5) is 144. The van der Waals surface area contributed by atoms with Crippen molar-refractivity contribution in [3.8, 4) is 51.7 Å². The van der Waals surface area contributed by atoms with Gasteiger partial charge in [-0.25, -0.2) is 28.7 Å². The third-order valence-electron chi connectivity index (χ3n) is 15.4. The number of aromatic hydroxyl groups is 1. The fourth-order valence-corrected chi connectivity index (χ4v) is 10.4. The Morgan fingerprint density at radius 1 is 0.529 bits per heavy atom. The molecule has 0 unspecified atom stereocenters. The third kappa shape index (κ3) is 32.4. The fraction of sp³-hybridized carbons (Fsp3) is 0.333. The van der Waals surface area contributed by atoms with Gasteiger partial charge < -0.3 is 80.9 Å². The number of amidine groups is 1. The molecule has 38 nitrogen and oxygen atoms in total. The zero-order valence-electron chi connectivity index (χ0n) is 66.7. The van der Waals surface area contributed by atoms with Gasteiger partial charge in [-0.15, -0.1) is 4.95 Å². The minimum Gasteiger partial charge on any atom is -0.505 e. The Kier molecular flexibility index (Phi) is 38.1. The molecule has 630 valence electrons. The lowest BCUT2D eigenvalue weighted by atomic mass is 10.2. The quantitative estimate of drug-likeness (QED) is 0.0175. The lowest BCUT2D eigenvalue weighted by Crippen LogP contribution is -2.44. The van der Waals surface area contributed by atoms with Gasteiger partial charge in [0.15, 0.2) is 40.6 Å². The highest BCUT2D eigenvalue weighted by Gasteiger charge is 2.27. The van der Waals surface area contributed by atoms with Crippen molar-refractivity contribution in [2.45, 2.75) is 66.6 Å². The van der Waals surface area contributed by atoms with Gasteiger partial charge in [0.25, 0.3) is 23.0 Å². The first-order chi connectivity index (χ1) is 56.5. The van der Waals surface area contributed by atoms with E-state index in [1.165, 1.54) is 79.2 Å². The Bertz CT molecular complexity index is 4980. The second kappa shape index (κ2) is 47.6. The molecular formula is C75H86Cl4F2N26O12. The predicted octanol–water partition coefficient (Wildman–Crippen LogP) is 9.06. The fourth-order valence-electron chi connectivity index (χ4n) is 9.84. The summed E-state index contributed by atoms with van der Waals surface area (Å²) in [5, 5.41) is 25.2. The van der Waals surface area contributed by atoms with E-state index in [1.807, 2.05) is 23.6 Å². The number of hydrogen-bond donors (Lipinski definition) is 7. The van der Waals surface area contributed by atoms with Gasteiger partial charge in [0.2, 0.25) is 51.4 Å². The average Bonchev–Trinajstić information content (AvgIpc) is 0.801. The van der Waals surface area contributed by atoms with Crippen LogP contribution in [0.1, 0.15) is 79.5 Å². The van der Waals surface area contributed by atoms with Crippen LogP contribution in [0.5, 0.6) is 17.5 Å². The van der Waals surface area contributed by atoms with E-state index < -0.39 is 17.4 Å². The molecule has 0 saturated carbocycles. The van der Waals surface area contributed by atoms with E-state index in [1.54, 1.807) is 97.0 Å². The molecule has 3 fully saturated rings. The molecule has 0 radical (unpaired) electrons. The Labute approximate surface area is 702 Å². The summed E-state index contributed by atoms with van der Waals surface area (Å²) in [7, 11) is 9.67. The molecule has 10 heterocycles. The van der Waals surface area contributed by atoms with Crippen molar-refractivity contribution in [1.82, 2.24) is 84.8 Å². The SMILES string of the molecule is CC(=O)Nc1ccc(-c2nc(Cl)nc(Cl)n2)cn1.CC(=O)Nc1ccc(-c2nc(Cl)nc(N3CCOC[C@@H]3C)n2)cn1.CC(=O)Nc1ccc(-c2nc(Oc3ccc(C(=O)N(C)C)cc3F)nc(N3CCOC[C@@H]3C)n2)cn1.CC(=O)Nc1ccc(C(=O)N(C)C)cn1.CN(C)C(=O)c1ccc(O)c(F)c1.C[C@H]1COCCN1.[C-]#[N+]N=C(N)Cl. The second-order valence-electron chi connectivity index (χ2n) is 25.8. The number of ether oxygens (including phenoxy) is 4. The summed E-state index contributed by atoms with van der Waals surface area (Å²) in [6.07, 6.45) is 6.05. The molecule has 12 rings (SSSR count). The zero-order chi connectivity index (χ0) is 87.6. The van der Waals surface area contributed by atoms with E-state index in [0.29, 0.717) is 115 Å². The molecule has 0 bridgehead atoms. The Morgan fingerprint density at radius 2 is 0.916 bits per heavy atom. The molecule has 2 aromatic carbocycles. The number of nitrogens with two attached hydrogens (primary N) is 1.